The van der Waals surface area contributed by atoms with E-state index in [9.17, 15) is 0 Å². The van der Waals surface area contributed by atoms with Gasteiger partial charge < -0.3 is 10.1 Å². The van der Waals surface area contributed by atoms with Gasteiger partial charge in [0.15, 0.2) is 0 Å². The number of fused-ring (bicyclic) bond motifs is 1. The summed E-state index contributed by atoms with van der Waals surface area (Å²) in [5.41, 5.74) is 2.07. The minimum atomic E-state index is -0.188. The highest BCUT2D eigenvalue weighted by Crippen LogP contribution is 2.32. The normalized spacial score (nSPS) is 20.4. The molecule has 3 heteroatoms. The number of ether oxygens (including phenoxy) is 1. The number of nitrogens with one attached hydrogen (secondary N) is 1. The quantitative estimate of drug-likeness (QED) is 0.577. The molecule has 11 heavy (non-hydrogen) atoms. The first-order chi connectivity index (χ1) is 5.25. The highest BCUT2D eigenvalue weighted by molar-refractivity contribution is 7.80. The van der Waals surface area contributed by atoms with Crippen molar-refractivity contribution in [1.29, 1.82) is 0 Å². The van der Waals surface area contributed by atoms with E-state index in [1.165, 1.54) is 5.56 Å². The molecule has 0 saturated carbocycles. The van der Waals surface area contributed by atoms with Gasteiger partial charge >= 0.3 is 0 Å². The molecule has 0 bridgehead atoms. The maximum absolute atomic E-state index is 5.31. The van der Waals surface area contributed by atoms with Crippen LogP contribution in [0.2, 0.25) is 0 Å². The zero-order chi connectivity index (χ0) is 7.84. The lowest BCUT2D eigenvalue weighted by atomic mass is 10.2. The molecule has 1 atom stereocenters. The molecule has 1 aliphatic rings. The van der Waals surface area contributed by atoms with Gasteiger partial charge in [-0.3, -0.25) is 0 Å². The summed E-state index contributed by atoms with van der Waals surface area (Å²) in [6.45, 7) is 2.05. The van der Waals surface area contributed by atoms with Crippen molar-refractivity contribution >= 4 is 18.3 Å². The van der Waals surface area contributed by atoms with Crippen LogP contribution in [0.3, 0.4) is 0 Å². The van der Waals surface area contributed by atoms with Crippen LogP contribution in [0.1, 0.15) is 5.56 Å². The summed E-state index contributed by atoms with van der Waals surface area (Å²) < 4.78 is 5.31. The van der Waals surface area contributed by atoms with Crippen molar-refractivity contribution in [3.05, 3.63) is 23.8 Å². The number of rotatable bonds is 0. The topological polar surface area (TPSA) is 21.3 Å². The van der Waals surface area contributed by atoms with E-state index in [1.54, 1.807) is 0 Å². The summed E-state index contributed by atoms with van der Waals surface area (Å²) in [4.78, 5) is 0. The van der Waals surface area contributed by atoms with Gasteiger partial charge in [0.1, 0.15) is 5.75 Å². The van der Waals surface area contributed by atoms with Gasteiger partial charge in [-0.2, -0.15) is 0 Å². The van der Waals surface area contributed by atoms with E-state index in [0.717, 1.165) is 11.4 Å². The Morgan fingerprint density at radius 3 is 3.18 bits per heavy atom. The lowest BCUT2D eigenvalue weighted by molar-refractivity contribution is 0.343. The molecule has 1 aromatic rings. The molecule has 0 aliphatic carbocycles. The monoisotopic (exact) mass is 167 g/mol. The number of thiol groups is 1. The standard InChI is InChI=1S/C8H9NOS/c1-5-2-3-7-6(4-5)9-8(11)10-7/h2-4,8-9,11H,1H3. The highest BCUT2D eigenvalue weighted by Gasteiger charge is 2.17. The predicted molar refractivity (Wildman–Crippen MR) is 48.2 cm³/mol. The fraction of sp³-hybridized carbons (Fsp3) is 0.250. The van der Waals surface area contributed by atoms with Crippen molar-refractivity contribution in [3.8, 4) is 5.75 Å². The molecule has 2 rings (SSSR count). The van der Waals surface area contributed by atoms with Gasteiger partial charge in [-0.1, -0.05) is 6.07 Å². The van der Waals surface area contributed by atoms with Gasteiger partial charge in [0, 0.05) is 0 Å². The van der Waals surface area contributed by atoms with Crippen LogP contribution in [0.4, 0.5) is 5.69 Å². The van der Waals surface area contributed by atoms with E-state index >= 15 is 0 Å². The Balaban J connectivity index is 2.43. The molecule has 0 saturated heterocycles. The number of aryl methyl sites for hydroxylation is 1. The summed E-state index contributed by atoms with van der Waals surface area (Å²) in [5, 5.41) is 3.08. The van der Waals surface area contributed by atoms with Gasteiger partial charge in [-0.15, -0.1) is 12.6 Å². The molecule has 0 radical (unpaired) electrons. The predicted octanol–water partition coefficient (Wildman–Crippen LogP) is 2.01. The lowest BCUT2D eigenvalue weighted by Crippen LogP contribution is -2.10. The SMILES string of the molecule is Cc1ccc2c(c1)NC(S)O2. The molecule has 1 N–H and O–H groups in total. The highest BCUT2D eigenvalue weighted by atomic mass is 32.1. The zero-order valence-electron chi connectivity index (χ0n) is 6.16. The maximum atomic E-state index is 5.31. The molecule has 0 fully saturated rings. The van der Waals surface area contributed by atoms with Crippen LogP contribution in [0.25, 0.3) is 0 Å². The molecular weight excluding hydrogens is 158 g/mol. The second kappa shape index (κ2) is 2.34. The van der Waals surface area contributed by atoms with Crippen LogP contribution < -0.4 is 10.1 Å². The number of hydrogen-bond acceptors (Lipinski definition) is 3. The molecule has 1 heterocycles. The van der Waals surface area contributed by atoms with Crippen molar-refractivity contribution in [2.45, 2.75) is 12.5 Å². The summed E-state index contributed by atoms with van der Waals surface area (Å²) in [6, 6.07) is 6.02. The van der Waals surface area contributed by atoms with Crippen molar-refractivity contribution < 1.29 is 4.74 Å². The number of benzene rings is 1. The van der Waals surface area contributed by atoms with Crippen LogP contribution in [-0.4, -0.2) is 5.56 Å². The van der Waals surface area contributed by atoms with Gasteiger partial charge in [0.25, 0.3) is 0 Å². The van der Waals surface area contributed by atoms with Gasteiger partial charge in [0.2, 0.25) is 5.56 Å². The van der Waals surface area contributed by atoms with Crippen molar-refractivity contribution in [2.75, 3.05) is 5.32 Å². The van der Waals surface area contributed by atoms with Gasteiger partial charge in [0.05, 0.1) is 5.69 Å². The van der Waals surface area contributed by atoms with Crippen LogP contribution in [0.15, 0.2) is 18.2 Å². The van der Waals surface area contributed by atoms with Gasteiger partial charge in [-0.05, 0) is 24.6 Å². The summed E-state index contributed by atoms with van der Waals surface area (Å²) in [5.74, 6) is 0.885. The third-order valence-corrected chi connectivity index (χ3v) is 1.89. The lowest BCUT2D eigenvalue weighted by Gasteiger charge is -1.99. The Bertz CT molecular complexity index is 287. The molecule has 2 nitrogen and oxygen atoms in total. The Kier molecular flexibility index (Phi) is 1.46. The van der Waals surface area contributed by atoms with E-state index in [0.29, 0.717) is 0 Å². The fourth-order valence-electron chi connectivity index (χ4n) is 1.14. The minimum absolute atomic E-state index is 0.188. The maximum Gasteiger partial charge on any atom is 0.216 e. The smallest absolute Gasteiger partial charge is 0.216 e. The van der Waals surface area contributed by atoms with Gasteiger partial charge in [-0.25, -0.2) is 0 Å². The first-order valence-corrected chi connectivity index (χ1v) is 3.99. The average molecular weight is 167 g/mol. The Morgan fingerprint density at radius 2 is 2.36 bits per heavy atom. The molecule has 1 aromatic carbocycles. The molecule has 1 unspecified atom stereocenters. The van der Waals surface area contributed by atoms with E-state index in [2.05, 4.69) is 17.9 Å². The van der Waals surface area contributed by atoms with E-state index in [-0.39, 0.29) is 5.56 Å². The van der Waals surface area contributed by atoms with E-state index < -0.39 is 0 Å². The average Bonchev–Trinajstić information content (AvgIpc) is 2.27. The van der Waals surface area contributed by atoms with E-state index in [1.807, 2.05) is 25.1 Å². The van der Waals surface area contributed by atoms with Crippen LogP contribution in [-0.2, 0) is 0 Å². The zero-order valence-corrected chi connectivity index (χ0v) is 7.06. The third-order valence-electron chi connectivity index (χ3n) is 1.65. The Labute approximate surface area is 71.0 Å². The fourth-order valence-corrected chi connectivity index (χ4v) is 1.39. The van der Waals surface area contributed by atoms with Crippen molar-refractivity contribution in [1.82, 2.24) is 0 Å². The second-order valence-electron chi connectivity index (χ2n) is 2.61. The molecule has 1 aliphatic heterocycles. The van der Waals surface area contributed by atoms with Crippen LogP contribution in [0, 0.1) is 6.92 Å². The Hall–Kier alpha value is -0.830. The summed E-state index contributed by atoms with van der Waals surface area (Å²) >= 11 is 4.14. The van der Waals surface area contributed by atoms with Crippen LogP contribution >= 0.6 is 12.6 Å². The summed E-state index contributed by atoms with van der Waals surface area (Å²) in [6.07, 6.45) is 0. The largest absolute Gasteiger partial charge is 0.459 e. The van der Waals surface area contributed by atoms with Crippen molar-refractivity contribution in [3.63, 3.8) is 0 Å². The van der Waals surface area contributed by atoms with E-state index in [4.69, 9.17) is 4.74 Å². The summed E-state index contributed by atoms with van der Waals surface area (Å²) in [7, 11) is 0. The number of anilines is 1. The molecular formula is C8H9NOS. The first kappa shape index (κ1) is 6.85. The molecule has 0 amide bonds. The molecule has 0 spiro atoms. The van der Waals surface area contributed by atoms with Crippen LogP contribution in [0.5, 0.6) is 5.75 Å². The number of hydrogen-bond donors (Lipinski definition) is 2. The first-order valence-electron chi connectivity index (χ1n) is 3.47. The van der Waals surface area contributed by atoms with Crippen molar-refractivity contribution in [2.24, 2.45) is 0 Å². The Morgan fingerprint density at radius 1 is 1.55 bits per heavy atom. The molecule has 58 valence electrons. The second-order valence-corrected chi connectivity index (χ2v) is 3.08. The molecule has 0 aromatic heterocycles. The third kappa shape index (κ3) is 1.16. The minimum Gasteiger partial charge on any atom is -0.459 e.